The molecular weight excluding hydrogens is 318 g/mol. The van der Waals surface area contributed by atoms with Crippen molar-refractivity contribution in [3.05, 3.63) is 52.2 Å². The molecule has 0 saturated heterocycles. The van der Waals surface area contributed by atoms with E-state index in [1.807, 2.05) is 38.2 Å². The van der Waals surface area contributed by atoms with Gasteiger partial charge in [-0.1, -0.05) is 18.2 Å². The van der Waals surface area contributed by atoms with Crippen molar-refractivity contribution >= 4 is 11.0 Å². The highest BCUT2D eigenvalue weighted by atomic mass is 16.5. The van der Waals surface area contributed by atoms with E-state index in [0.29, 0.717) is 30.0 Å². The Morgan fingerprint density at radius 3 is 2.92 bits per heavy atom. The summed E-state index contributed by atoms with van der Waals surface area (Å²) in [4.78, 5) is 21.5. The Hall–Kier alpha value is -2.67. The van der Waals surface area contributed by atoms with Gasteiger partial charge in [0.2, 0.25) is 0 Å². The molecule has 0 aliphatic carbocycles. The maximum atomic E-state index is 12.1. The van der Waals surface area contributed by atoms with Gasteiger partial charge in [-0.25, -0.2) is 4.98 Å². The van der Waals surface area contributed by atoms with Crippen LogP contribution < -0.4 is 10.3 Å². The number of H-pyrrole nitrogens is 1. The van der Waals surface area contributed by atoms with Gasteiger partial charge in [-0.05, 0) is 32.0 Å². The summed E-state index contributed by atoms with van der Waals surface area (Å²) >= 11 is 0. The number of fused-ring (bicyclic) bond motifs is 1. The quantitative estimate of drug-likeness (QED) is 0.664. The number of aryl methyl sites for hydroxylation is 2. The summed E-state index contributed by atoms with van der Waals surface area (Å²) in [7, 11) is 3.78. The molecule has 2 heterocycles. The van der Waals surface area contributed by atoms with E-state index in [2.05, 4.69) is 20.0 Å². The molecule has 0 aliphatic rings. The molecule has 0 unspecified atom stereocenters. The van der Waals surface area contributed by atoms with E-state index in [9.17, 15) is 4.79 Å². The lowest BCUT2D eigenvalue weighted by molar-refractivity contribution is 0.255. The molecule has 2 aromatic heterocycles. The van der Waals surface area contributed by atoms with Crippen LogP contribution in [0.3, 0.4) is 0 Å². The minimum Gasteiger partial charge on any atom is -0.493 e. The summed E-state index contributed by atoms with van der Waals surface area (Å²) in [5.74, 6) is 1.57. The summed E-state index contributed by atoms with van der Waals surface area (Å²) in [6.07, 6.45) is 2.43. The van der Waals surface area contributed by atoms with E-state index < -0.39 is 0 Å². The Labute approximate surface area is 146 Å². The average molecular weight is 341 g/mol. The van der Waals surface area contributed by atoms with Crippen molar-refractivity contribution in [3.8, 4) is 5.75 Å². The second kappa shape index (κ2) is 7.48. The molecule has 0 aliphatic heterocycles. The molecule has 132 valence electrons. The molecule has 0 amide bonds. The molecule has 1 N–H and O–H groups in total. The first kappa shape index (κ1) is 17.2. The van der Waals surface area contributed by atoms with Gasteiger partial charge < -0.3 is 9.72 Å². The van der Waals surface area contributed by atoms with Crippen molar-refractivity contribution in [2.75, 3.05) is 20.2 Å². The molecule has 7 nitrogen and oxygen atoms in total. The first-order chi connectivity index (χ1) is 12.0. The van der Waals surface area contributed by atoms with Gasteiger partial charge in [-0.2, -0.15) is 5.10 Å². The van der Waals surface area contributed by atoms with Crippen molar-refractivity contribution in [2.45, 2.75) is 19.9 Å². The third-order valence-electron chi connectivity index (χ3n) is 4.11. The molecule has 0 spiro atoms. The third kappa shape index (κ3) is 4.06. The predicted molar refractivity (Wildman–Crippen MR) is 96.8 cm³/mol. The van der Waals surface area contributed by atoms with Crippen LogP contribution in [0.1, 0.15) is 17.8 Å². The van der Waals surface area contributed by atoms with Gasteiger partial charge in [0.15, 0.2) is 5.65 Å². The zero-order valence-corrected chi connectivity index (χ0v) is 14.8. The van der Waals surface area contributed by atoms with Gasteiger partial charge in [-0.3, -0.25) is 14.4 Å². The topological polar surface area (TPSA) is 76.0 Å². The Kier molecular flexibility index (Phi) is 5.14. The number of ether oxygens (including phenoxy) is 1. The smallest absolute Gasteiger partial charge is 0.262 e. The van der Waals surface area contributed by atoms with E-state index in [0.717, 1.165) is 24.3 Å². The summed E-state index contributed by atoms with van der Waals surface area (Å²) in [6.45, 7) is 4.11. The molecule has 0 fully saturated rings. The molecule has 1 aromatic carbocycles. The lowest BCUT2D eigenvalue weighted by Crippen LogP contribution is -2.24. The highest BCUT2D eigenvalue weighted by molar-refractivity contribution is 5.72. The van der Waals surface area contributed by atoms with Crippen LogP contribution in [0.2, 0.25) is 0 Å². The number of rotatable bonds is 7. The molecule has 0 bridgehead atoms. The average Bonchev–Trinajstić information content (AvgIpc) is 2.95. The number of benzene rings is 1. The highest BCUT2D eigenvalue weighted by Gasteiger charge is 2.09. The van der Waals surface area contributed by atoms with Crippen LogP contribution in [0.25, 0.3) is 11.0 Å². The number of hydrogen-bond donors (Lipinski definition) is 1. The van der Waals surface area contributed by atoms with Gasteiger partial charge in [0, 0.05) is 13.6 Å². The van der Waals surface area contributed by atoms with Crippen molar-refractivity contribution in [2.24, 2.45) is 7.05 Å². The summed E-state index contributed by atoms with van der Waals surface area (Å²) in [6, 6.07) is 8.00. The third-order valence-corrected chi connectivity index (χ3v) is 4.11. The van der Waals surface area contributed by atoms with E-state index in [1.165, 1.54) is 6.20 Å². The van der Waals surface area contributed by atoms with Gasteiger partial charge in [0.05, 0.1) is 19.3 Å². The van der Waals surface area contributed by atoms with Crippen LogP contribution in [0.4, 0.5) is 0 Å². The van der Waals surface area contributed by atoms with Crippen molar-refractivity contribution < 1.29 is 4.74 Å². The molecule has 3 rings (SSSR count). The number of aromatic amines is 1. The molecule has 7 heteroatoms. The summed E-state index contributed by atoms with van der Waals surface area (Å²) < 4.78 is 7.42. The lowest BCUT2D eigenvalue weighted by Gasteiger charge is -2.16. The zero-order chi connectivity index (χ0) is 17.8. The normalized spacial score (nSPS) is 11.4. The fourth-order valence-corrected chi connectivity index (χ4v) is 2.72. The van der Waals surface area contributed by atoms with E-state index in [-0.39, 0.29) is 5.56 Å². The van der Waals surface area contributed by atoms with E-state index in [4.69, 9.17) is 4.74 Å². The van der Waals surface area contributed by atoms with Crippen LogP contribution in [-0.2, 0) is 13.6 Å². The Morgan fingerprint density at radius 2 is 2.12 bits per heavy atom. The molecular formula is C18H23N5O2. The van der Waals surface area contributed by atoms with Crippen LogP contribution >= 0.6 is 0 Å². The van der Waals surface area contributed by atoms with Gasteiger partial charge in [0.1, 0.15) is 17.0 Å². The zero-order valence-electron chi connectivity index (χ0n) is 14.8. The van der Waals surface area contributed by atoms with Crippen molar-refractivity contribution in [1.29, 1.82) is 0 Å². The van der Waals surface area contributed by atoms with Crippen LogP contribution in [-0.4, -0.2) is 44.8 Å². The fourth-order valence-electron chi connectivity index (χ4n) is 2.72. The van der Waals surface area contributed by atoms with Gasteiger partial charge in [-0.15, -0.1) is 0 Å². The molecule has 25 heavy (non-hydrogen) atoms. The number of hydrogen-bond acceptors (Lipinski definition) is 5. The largest absolute Gasteiger partial charge is 0.493 e. The maximum Gasteiger partial charge on any atom is 0.262 e. The van der Waals surface area contributed by atoms with Crippen LogP contribution in [0, 0.1) is 6.92 Å². The monoisotopic (exact) mass is 341 g/mol. The Bertz CT molecular complexity index is 915. The molecule has 0 atom stereocenters. The van der Waals surface area contributed by atoms with Gasteiger partial charge >= 0.3 is 0 Å². The Balaban J connectivity index is 1.52. The van der Waals surface area contributed by atoms with E-state index in [1.54, 1.807) is 11.7 Å². The first-order valence-corrected chi connectivity index (χ1v) is 8.32. The molecule has 0 saturated carbocycles. The van der Waals surface area contributed by atoms with Crippen molar-refractivity contribution in [1.82, 2.24) is 24.6 Å². The van der Waals surface area contributed by atoms with Crippen LogP contribution in [0.15, 0.2) is 35.3 Å². The SMILES string of the molecule is Cc1ccccc1OCCCN(C)Cc1nc2c(cnn2C)c(=O)[nH]1. The van der Waals surface area contributed by atoms with Crippen LogP contribution in [0.5, 0.6) is 5.75 Å². The Morgan fingerprint density at radius 1 is 1.32 bits per heavy atom. The standard InChI is InChI=1S/C18H23N5O2/c1-13-7-4-5-8-15(13)25-10-6-9-22(2)12-16-20-17-14(18(24)21-16)11-19-23(17)3/h4-5,7-8,11H,6,9-10,12H2,1-3H3,(H,20,21,24). The van der Waals surface area contributed by atoms with Gasteiger partial charge in [0.25, 0.3) is 5.56 Å². The predicted octanol–water partition coefficient (Wildman–Crippen LogP) is 1.87. The minimum absolute atomic E-state index is 0.149. The minimum atomic E-state index is -0.149. The maximum absolute atomic E-state index is 12.1. The number of nitrogens with one attached hydrogen (secondary N) is 1. The number of para-hydroxylation sites is 1. The fraction of sp³-hybridized carbons (Fsp3) is 0.389. The second-order valence-electron chi connectivity index (χ2n) is 6.22. The van der Waals surface area contributed by atoms with Crippen molar-refractivity contribution in [3.63, 3.8) is 0 Å². The number of nitrogens with zero attached hydrogens (tertiary/aromatic N) is 4. The molecule has 0 radical (unpaired) electrons. The van der Waals surface area contributed by atoms with E-state index >= 15 is 0 Å². The number of aromatic nitrogens is 4. The second-order valence-corrected chi connectivity index (χ2v) is 6.22. The lowest BCUT2D eigenvalue weighted by atomic mass is 10.2. The summed E-state index contributed by atoms with van der Waals surface area (Å²) in [5.41, 5.74) is 1.60. The summed E-state index contributed by atoms with van der Waals surface area (Å²) in [5, 5.41) is 4.59. The first-order valence-electron chi connectivity index (χ1n) is 8.32. The molecule has 3 aromatic rings. The highest BCUT2D eigenvalue weighted by Crippen LogP contribution is 2.16.